The molecular formula is C14H8ClF6N3O3. The second-order valence-electron chi connectivity index (χ2n) is 5.04. The molecule has 0 unspecified atom stereocenters. The molecule has 0 spiro atoms. The van der Waals surface area contributed by atoms with Crippen molar-refractivity contribution in [1.82, 2.24) is 9.97 Å². The fourth-order valence-electron chi connectivity index (χ4n) is 1.93. The van der Waals surface area contributed by atoms with Crippen LogP contribution < -0.4 is 10.1 Å². The number of rotatable bonds is 4. The predicted molar refractivity (Wildman–Crippen MR) is 80.1 cm³/mol. The summed E-state index contributed by atoms with van der Waals surface area (Å²) in [6.45, 7) is 0.662. The molecule has 1 aromatic heterocycles. The molecule has 1 aromatic carbocycles. The quantitative estimate of drug-likeness (QED) is 0.430. The number of ether oxygens (including phenoxy) is 1. The van der Waals surface area contributed by atoms with E-state index in [1.54, 1.807) is 0 Å². The van der Waals surface area contributed by atoms with Crippen LogP contribution in [0.3, 0.4) is 0 Å². The zero-order chi connectivity index (χ0) is 20.5. The van der Waals surface area contributed by atoms with E-state index < -0.39 is 63.9 Å². The summed E-state index contributed by atoms with van der Waals surface area (Å²) in [5, 5.41) is 9.54. The topological polar surface area (TPSA) is 84.3 Å². The first kappa shape index (κ1) is 20.6. The van der Waals surface area contributed by atoms with Crippen LogP contribution in [0.1, 0.15) is 6.92 Å². The van der Waals surface area contributed by atoms with E-state index in [0.29, 0.717) is 6.92 Å². The molecule has 0 aliphatic rings. The monoisotopic (exact) mass is 415 g/mol. The van der Waals surface area contributed by atoms with Gasteiger partial charge in [0.25, 0.3) is 0 Å². The van der Waals surface area contributed by atoms with Crippen molar-refractivity contribution in [3.05, 3.63) is 34.7 Å². The van der Waals surface area contributed by atoms with E-state index in [1.807, 2.05) is 5.32 Å². The summed E-state index contributed by atoms with van der Waals surface area (Å²) in [6.07, 6.45) is -6.71. The third-order valence-electron chi connectivity index (χ3n) is 3.12. The van der Waals surface area contributed by atoms with Crippen LogP contribution in [0.2, 0.25) is 5.15 Å². The van der Waals surface area contributed by atoms with Gasteiger partial charge >= 0.3 is 18.3 Å². The van der Waals surface area contributed by atoms with Crippen LogP contribution in [0, 0.1) is 17.5 Å². The van der Waals surface area contributed by atoms with Gasteiger partial charge in [-0.05, 0) is 6.92 Å². The van der Waals surface area contributed by atoms with Crippen molar-refractivity contribution in [1.29, 1.82) is 0 Å². The highest BCUT2D eigenvalue weighted by atomic mass is 35.5. The van der Waals surface area contributed by atoms with E-state index in [4.69, 9.17) is 16.7 Å². The van der Waals surface area contributed by atoms with E-state index in [9.17, 15) is 31.1 Å². The van der Waals surface area contributed by atoms with Crippen molar-refractivity contribution in [2.45, 2.75) is 19.1 Å². The largest absolute Gasteiger partial charge is 0.513 e. The third-order valence-corrected chi connectivity index (χ3v) is 3.40. The molecule has 0 radical (unpaired) electrons. The Morgan fingerprint density at radius 2 is 1.74 bits per heavy atom. The highest BCUT2D eigenvalue weighted by molar-refractivity contribution is 6.32. The van der Waals surface area contributed by atoms with Gasteiger partial charge < -0.3 is 15.2 Å². The number of carboxylic acid groups (broad SMARTS) is 1. The zero-order valence-electron chi connectivity index (χ0n) is 13.0. The molecule has 0 saturated carbocycles. The van der Waals surface area contributed by atoms with E-state index in [-0.39, 0.29) is 12.1 Å². The van der Waals surface area contributed by atoms with Crippen molar-refractivity contribution in [3.8, 4) is 17.1 Å². The van der Waals surface area contributed by atoms with Gasteiger partial charge in [-0.3, -0.25) is 0 Å². The standard InChI is InChI=1S/C14H8ClF6N3O3/c1-4(14(19,20)21)22-11-9(8-6(17)2-5(16)3-7(8)18)10(15)23-12(24-11)27-13(25)26/h2-4H,1H3,(H,25,26)(H,22,23,24)/t4-/m0/s1. The van der Waals surface area contributed by atoms with Crippen LogP contribution >= 0.6 is 11.6 Å². The van der Waals surface area contributed by atoms with Crippen LogP contribution in [0.25, 0.3) is 11.1 Å². The molecule has 0 bridgehead atoms. The maximum Gasteiger partial charge on any atom is 0.513 e. The molecule has 0 saturated heterocycles. The molecule has 6 nitrogen and oxygen atoms in total. The molecule has 2 aromatic rings. The molecule has 1 heterocycles. The Labute approximate surface area is 151 Å². The Hall–Kier alpha value is -2.76. The van der Waals surface area contributed by atoms with Crippen LogP contribution in [0.5, 0.6) is 6.01 Å². The van der Waals surface area contributed by atoms with Crippen LogP contribution in [-0.2, 0) is 0 Å². The Morgan fingerprint density at radius 3 is 2.22 bits per heavy atom. The number of anilines is 1. The van der Waals surface area contributed by atoms with Crippen molar-refractivity contribution in [3.63, 3.8) is 0 Å². The van der Waals surface area contributed by atoms with E-state index in [1.165, 1.54) is 0 Å². The Morgan fingerprint density at radius 1 is 1.19 bits per heavy atom. The lowest BCUT2D eigenvalue weighted by molar-refractivity contribution is -0.138. The molecule has 2 rings (SSSR count). The average molecular weight is 416 g/mol. The lowest BCUT2D eigenvalue weighted by Crippen LogP contribution is -2.33. The summed E-state index contributed by atoms with van der Waals surface area (Å²) in [7, 11) is 0. The number of nitrogens with zero attached hydrogens (tertiary/aromatic N) is 2. The number of alkyl halides is 3. The fraction of sp³-hybridized carbons (Fsp3) is 0.214. The molecule has 0 amide bonds. The van der Waals surface area contributed by atoms with Gasteiger partial charge in [0.2, 0.25) is 0 Å². The van der Waals surface area contributed by atoms with Gasteiger partial charge in [0.05, 0.1) is 11.1 Å². The average Bonchev–Trinajstić information content (AvgIpc) is 2.47. The Kier molecular flexibility index (Phi) is 5.68. The maximum absolute atomic E-state index is 14.1. The van der Waals surface area contributed by atoms with Crippen molar-refractivity contribution >= 4 is 23.6 Å². The molecule has 0 fully saturated rings. The predicted octanol–water partition coefficient (Wildman–Crippen LogP) is 4.63. The van der Waals surface area contributed by atoms with Gasteiger partial charge in [0, 0.05) is 12.1 Å². The zero-order valence-corrected chi connectivity index (χ0v) is 13.8. The summed E-state index contributed by atoms with van der Waals surface area (Å²) in [6, 6.07) is -2.73. The molecule has 146 valence electrons. The minimum atomic E-state index is -4.80. The van der Waals surface area contributed by atoms with Gasteiger partial charge in [0.1, 0.15) is 34.5 Å². The van der Waals surface area contributed by atoms with E-state index in [2.05, 4.69) is 14.7 Å². The highest BCUT2D eigenvalue weighted by Crippen LogP contribution is 2.38. The van der Waals surface area contributed by atoms with Gasteiger partial charge in [-0.2, -0.15) is 23.1 Å². The summed E-state index contributed by atoms with van der Waals surface area (Å²) in [5.74, 6) is -5.14. The molecule has 13 heteroatoms. The van der Waals surface area contributed by atoms with Gasteiger partial charge in [-0.25, -0.2) is 18.0 Å². The van der Waals surface area contributed by atoms with Gasteiger partial charge in [-0.1, -0.05) is 11.6 Å². The first-order valence-electron chi connectivity index (χ1n) is 6.86. The number of benzene rings is 1. The number of hydrogen-bond acceptors (Lipinski definition) is 5. The molecule has 1 atom stereocenters. The number of aromatic nitrogens is 2. The highest BCUT2D eigenvalue weighted by Gasteiger charge is 2.37. The fourth-order valence-corrected chi connectivity index (χ4v) is 2.19. The lowest BCUT2D eigenvalue weighted by atomic mass is 10.1. The third kappa shape index (κ3) is 4.70. The number of halogens is 7. The van der Waals surface area contributed by atoms with Crippen LogP contribution in [0.4, 0.5) is 37.0 Å². The number of carbonyl (C=O) groups is 1. The van der Waals surface area contributed by atoms with Gasteiger partial charge in [-0.15, -0.1) is 0 Å². The molecule has 0 aliphatic heterocycles. The molecular weight excluding hydrogens is 408 g/mol. The second kappa shape index (κ2) is 7.47. The minimum Gasteiger partial charge on any atom is -0.449 e. The molecule has 0 aliphatic carbocycles. The Bertz CT molecular complexity index is 870. The molecule has 27 heavy (non-hydrogen) atoms. The summed E-state index contributed by atoms with van der Waals surface area (Å²) >= 11 is 5.76. The normalized spacial score (nSPS) is 12.6. The first-order chi connectivity index (χ1) is 12.4. The van der Waals surface area contributed by atoms with Crippen molar-refractivity contribution in [2.75, 3.05) is 5.32 Å². The Balaban J connectivity index is 2.70. The van der Waals surface area contributed by atoms with Gasteiger partial charge in [0.15, 0.2) is 0 Å². The summed E-state index contributed by atoms with van der Waals surface area (Å²) < 4.78 is 83.8. The van der Waals surface area contributed by atoms with E-state index in [0.717, 1.165) is 0 Å². The SMILES string of the molecule is C[C@H](Nc1nc(OC(=O)O)nc(Cl)c1-c1c(F)cc(F)cc1F)C(F)(F)F. The summed E-state index contributed by atoms with van der Waals surface area (Å²) in [4.78, 5) is 17.3. The number of nitrogens with one attached hydrogen (secondary N) is 1. The van der Waals surface area contributed by atoms with Crippen molar-refractivity contribution in [2.24, 2.45) is 0 Å². The van der Waals surface area contributed by atoms with E-state index >= 15 is 0 Å². The second-order valence-corrected chi connectivity index (χ2v) is 5.40. The van der Waals surface area contributed by atoms with Crippen molar-refractivity contribution < 1.29 is 41.0 Å². The van der Waals surface area contributed by atoms with Crippen LogP contribution in [0.15, 0.2) is 12.1 Å². The molecule has 2 N–H and O–H groups in total. The first-order valence-corrected chi connectivity index (χ1v) is 7.24. The maximum atomic E-state index is 14.1. The summed E-state index contributed by atoms with van der Waals surface area (Å²) in [5.41, 5.74) is -1.79. The number of hydrogen-bond donors (Lipinski definition) is 2. The lowest BCUT2D eigenvalue weighted by Gasteiger charge is -2.20. The van der Waals surface area contributed by atoms with Crippen LogP contribution in [-0.4, -0.2) is 33.4 Å². The smallest absolute Gasteiger partial charge is 0.449 e. The minimum absolute atomic E-state index is 0.271.